The number of benzene rings is 1. The van der Waals surface area contributed by atoms with Crippen molar-refractivity contribution in [2.75, 3.05) is 0 Å². The quantitative estimate of drug-likeness (QED) is 0.405. The molecular weight excluding hydrogens is 284 g/mol. The Morgan fingerprint density at radius 3 is 2.59 bits per heavy atom. The first-order chi connectivity index (χ1) is 10.6. The van der Waals surface area contributed by atoms with Gasteiger partial charge >= 0.3 is 5.92 Å². The molecule has 0 radical (unpaired) electrons. The molecule has 2 rings (SSSR count). The van der Waals surface area contributed by atoms with Crippen molar-refractivity contribution in [2.45, 2.75) is 57.8 Å². The molecule has 0 spiro atoms. The highest BCUT2D eigenvalue weighted by molar-refractivity contribution is 5.72. The second-order valence-electron chi connectivity index (χ2n) is 5.57. The minimum atomic E-state index is -3.15. The van der Waals surface area contributed by atoms with Gasteiger partial charge in [-0.2, -0.15) is 8.78 Å². The van der Waals surface area contributed by atoms with Crippen molar-refractivity contribution in [3.8, 4) is 0 Å². The van der Waals surface area contributed by atoms with Crippen molar-refractivity contribution in [1.29, 1.82) is 0 Å². The summed E-state index contributed by atoms with van der Waals surface area (Å²) in [6, 6.07) is 6.80. The Bertz CT molecular complexity index is 571. The molecule has 0 aliphatic rings. The molecule has 4 heteroatoms. The Morgan fingerprint density at radius 2 is 1.82 bits per heavy atom. The van der Waals surface area contributed by atoms with Crippen LogP contribution in [0.5, 0.6) is 0 Å². The van der Waals surface area contributed by atoms with E-state index >= 15 is 0 Å². The summed E-state index contributed by atoms with van der Waals surface area (Å²) in [5.41, 5.74) is 0.850. The number of fused-ring (bicyclic) bond motifs is 1. The lowest BCUT2D eigenvalue weighted by atomic mass is 10.1. The number of nitrogens with zero attached hydrogens (tertiary/aromatic N) is 1. The lowest BCUT2D eigenvalue weighted by Crippen LogP contribution is -2.09. The third kappa shape index (κ3) is 4.65. The van der Waals surface area contributed by atoms with Gasteiger partial charge in [0.1, 0.15) is 5.52 Å². The zero-order chi connectivity index (χ0) is 15.8. The normalized spacial score (nSPS) is 12.5. The first kappa shape index (κ1) is 16.7. The molecule has 0 N–H and O–H groups in total. The van der Waals surface area contributed by atoms with Gasteiger partial charge in [0.05, 0.1) is 0 Å². The molecule has 0 aliphatic carbocycles. The maximum atomic E-state index is 14.0. The first-order valence-corrected chi connectivity index (χ1v) is 8.05. The van der Waals surface area contributed by atoms with Crippen LogP contribution in [0.1, 0.15) is 57.8 Å². The van der Waals surface area contributed by atoms with Gasteiger partial charge in [0, 0.05) is 0 Å². The second-order valence-corrected chi connectivity index (χ2v) is 5.57. The molecule has 2 aromatic rings. The molecule has 1 heterocycles. The van der Waals surface area contributed by atoms with Crippen molar-refractivity contribution < 1.29 is 13.2 Å². The number of hydrogen-bond acceptors (Lipinski definition) is 2. The van der Waals surface area contributed by atoms with Crippen molar-refractivity contribution in [3.63, 3.8) is 0 Å². The topological polar surface area (TPSA) is 26.0 Å². The largest absolute Gasteiger partial charge is 0.435 e. The summed E-state index contributed by atoms with van der Waals surface area (Å²) in [6.45, 7) is 2.18. The number of aromatic nitrogens is 1. The fraction of sp³-hybridized carbons (Fsp3) is 0.500. The van der Waals surface area contributed by atoms with Gasteiger partial charge in [0.25, 0.3) is 5.89 Å². The van der Waals surface area contributed by atoms with Crippen LogP contribution in [-0.4, -0.2) is 4.98 Å². The van der Waals surface area contributed by atoms with E-state index in [1.54, 1.807) is 24.3 Å². The lowest BCUT2D eigenvalue weighted by molar-refractivity contribution is 0.0231. The first-order valence-electron chi connectivity index (χ1n) is 8.05. The highest BCUT2D eigenvalue weighted by Crippen LogP contribution is 2.31. The van der Waals surface area contributed by atoms with Gasteiger partial charge in [-0.05, 0) is 31.1 Å². The molecule has 1 aromatic carbocycles. The molecule has 0 amide bonds. The molecule has 0 saturated carbocycles. The van der Waals surface area contributed by atoms with Crippen LogP contribution in [0.2, 0.25) is 0 Å². The van der Waals surface area contributed by atoms with Crippen molar-refractivity contribution in [2.24, 2.45) is 0 Å². The summed E-state index contributed by atoms with van der Waals surface area (Å²) in [6.07, 6.45) is 10.0. The summed E-state index contributed by atoms with van der Waals surface area (Å²) >= 11 is 0. The SMILES string of the molecule is CCCCCCCC/C=C/C(F)(F)c1nc2ccccc2o1. The Labute approximate surface area is 130 Å². The average molecular weight is 307 g/mol. The molecule has 120 valence electrons. The number of allylic oxidation sites excluding steroid dienone is 2. The Morgan fingerprint density at radius 1 is 1.09 bits per heavy atom. The van der Waals surface area contributed by atoms with E-state index in [1.807, 2.05) is 0 Å². The molecule has 0 saturated heterocycles. The summed E-state index contributed by atoms with van der Waals surface area (Å²) in [4.78, 5) is 3.87. The van der Waals surface area contributed by atoms with Gasteiger partial charge in [-0.25, -0.2) is 4.98 Å². The van der Waals surface area contributed by atoms with Gasteiger partial charge in [0.2, 0.25) is 0 Å². The number of hydrogen-bond donors (Lipinski definition) is 0. The van der Waals surface area contributed by atoms with Crippen LogP contribution in [-0.2, 0) is 5.92 Å². The summed E-state index contributed by atoms with van der Waals surface area (Å²) in [5, 5.41) is 0. The molecule has 1 aromatic heterocycles. The van der Waals surface area contributed by atoms with Gasteiger partial charge < -0.3 is 4.42 Å². The number of halogens is 2. The summed E-state index contributed by atoms with van der Waals surface area (Å²) < 4.78 is 33.2. The van der Waals surface area contributed by atoms with Gasteiger partial charge in [-0.3, -0.25) is 0 Å². The fourth-order valence-corrected chi connectivity index (χ4v) is 2.36. The smallest absolute Gasteiger partial charge is 0.340 e. The third-order valence-electron chi connectivity index (χ3n) is 3.63. The maximum absolute atomic E-state index is 14.0. The van der Waals surface area contributed by atoms with Gasteiger partial charge in [-0.15, -0.1) is 0 Å². The van der Waals surface area contributed by atoms with Gasteiger partial charge in [-0.1, -0.05) is 57.2 Å². The van der Waals surface area contributed by atoms with Crippen molar-refractivity contribution in [3.05, 3.63) is 42.3 Å². The fourth-order valence-electron chi connectivity index (χ4n) is 2.36. The minimum Gasteiger partial charge on any atom is -0.435 e. The molecule has 0 aliphatic heterocycles. The van der Waals surface area contributed by atoms with Crippen LogP contribution in [0.3, 0.4) is 0 Å². The van der Waals surface area contributed by atoms with E-state index in [2.05, 4.69) is 11.9 Å². The molecule has 0 bridgehead atoms. The standard InChI is InChI=1S/C18H23F2NO/c1-2-3-4-5-6-7-8-11-14-18(19,20)17-21-15-12-9-10-13-16(15)22-17/h9-14H,2-8H2,1H3/b14-11+. The predicted octanol–water partition coefficient (Wildman–Crippen LogP) is 6.23. The summed E-state index contributed by atoms with van der Waals surface area (Å²) in [7, 11) is 0. The zero-order valence-electron chi connectivity index (χ0n) is 13.0. The number of oxazole rings is 1. The van der Waals surface area contributed by atoms with E-state index < -0.39 is 11.8 Å². The van der Waals surface area contributed by atoms with Crippen LogP contribution in [0.15, 0.2) is 40.8 Å². The monoisotopic (exact) mass is 307 g/mol. The van der Waals surface area contributed by atoms with Crippen LogP contribution in [0, 0.1) is 0 Å². The van der Waals surface area contributed by atoms with E-state index in [4.69, 9.17) is 4.42 Å². The second kappa shape index (κ2) is 8.06. The molecule has 2 nitrogen and oxygen atoms in total. The molecule has 0 fully saturated rings. The van der Waals surface area contributed by atoms with E-state index in [9.17, 15) is 8.78 Å². The van der Waals surface area contributed by atoms with E-state index in [0.29, 0.717) is 17.5 Å². The Hall–Kier alpha value is -1.71. The third-order valence-corrected chi connectivity index (χ3v) is 3.63. The number of para-hydroxylation sites is 2. The average Bonchev–Trinajstić information content (AvgIpc) is 2.95. The highest BCUT2D eigenvalue weighted by atomic mass is 19.3. The predicted molar refractivity (Wildman–Crippen MR) is 85.0 cm³/mol. The van der Waals surface area contributed by atoms with E-state index in [-0.39, 0.29) is 0 Å². The van der Waals surface area contributed by atoms with E-state index in [0.717, 1.165) is 18.9 Å². The number of alkyl halides is 2. The van der Waals surface area contributed by atoms with E-state index in [1.165, 1.54) is 31.8 Å². The van der Waals surface area contributed by atoms with Gasteiger partial charge in [0.15, 0.2) is 5.58 Å². The van der Waals surface area contributed by atoms with Crippen LogP contribution in [0.25, 0.3) is 11.1 Å². The Balaban J connectivity index is 1.83. The Kier molecular flexibility index (Phi) is 6.10. The molecular formula is C18H23F2NO. The number of unbranched alkanes of at least 4 members (excludes halogenated alkanes) is 6. The van der Waals surface area contributed by atoms with Crippen LogP contribution >= 0.6 is 0 Å². The molecule has 0 atom stereocenters. The summed E-state index contributed by atoms with van der Waals surface area (Å²) in [5.74, 6) is -3.69. The zero-order valence-corrected chi connectivity index (χ0v) is 13.0. The lowest BCUT2D eigenvalue weighted by Gasteiger charge is -2.06. The number of rotatable bonds is 9. The minimum absolute atomic E-state index is 0.390. The van der Waals surface area contributed by atoms with Crippen molar-refractivity contribution >= 4 is 11.1 Å². The highest BCUT2D eigenvalue weighted by Gasteiger charge is 2.34. The van der Waals surface area contributed by atoms with Crippen LogP contribution < -0.4 is 0 Å². The molecule has 0 unspecified atom stereocenters. The maximum Gasteiger partial charge on any atom is 0.340 e. The molecule has 22 heavy (non-hydrogen) atoms. The van der Waals surface area contributed by atoms with Crippen molar-refractivity contribution in [1.82, 2.24) is 4.98 Å². The van der Waals surface area contributed by atoms with Crippen LogP contribution in [0.4, 0.5) is 8.78 Å².